The van der Waals surface area contributed by atoms with Crippen molar-refractivity contribution in [2.45, 2.75) is 26.8 Å². The molecule has 1 saturated heterocycles. The van der Waals surface area contributed by atoms with Gasteiger partial charge < -0.3 is 19.5 Å². The standard InChI is InChI=1S/C24H28N2O5/c1-15(2)14-31-18-7-8-19(16(3)12-18)22(27)20-21(17-6-5-9-25-13-17)26(10-11-30-4)24(29)23(20)28/h5-9,12-13,15,21,27H,10-11,14H2,1-4H3/b22-20+. The van der Waals surface area contributed by atoms with E-state index in [1.165, 1.54) is 12.0 Å². The summed E-state index contributed by atoms with van der Waals surface area (Å²) in [5.74, 6) is -0.521. The fourth-order valence-electron chi connectivity index (χ4n) is 3.58. The molecular weight excluding hydrogens is 396 g/mol. The van der Waals surface area contributed by atoms with Crippen molar-refractivity contribution in [1.82, 2.24) is 9.88 Å². The van der Waals surface area contributed by atoms with E-state index in [9.17, 15) is 14.7 Å². The van der Waals surface area contributed by atoms with Gasteiger partial charge in [-0.3, -0.25) is 14.6 Å². The molecule has 0 radical (unpaired) electrons. The van der Waals surface area contributed by atoms with Crippen molar-refractivity contribution >= 4 is 17.4 Å². The lowest BCUT2D eigenvalue weighted by Gasteiger charge is -2.24. The van der Waals surface area contributed by atoms with Crippen LogP contribution < -0.4 is 4.74 Å². The average Bonchev–Trinajstić information content (AvgIpc) is 3.01. The number of carbonyl (C=O) groups is 2. The Bertz CT molecular complexity index is 985. The minimum atomic E-state index is -0.736. The number of ether oxygens (including phenoxy) is 2. The predicted molar refractivity (Wildman–Crippen MR) is 117 cm³/mol. The maximum atomic E-state index is 12.9. The summed E-state index contributed by atoms with van der Waals surface area (Å²) in [6.07, 6.45) is 3.21. The number of aliphatic hydroxyl groups excluding tert-OH is 1. The van der Waals surface area contributed by atoms with Crippen molar-refractivity contribution in [3.8, 4) is 5.75 Å². The lowest BCUT2D eigenvalue weighted by Crippen LogP contribution is -2.32. The maximum absolute atomic E-state index is 12.9. The molecule has 2 heterocycles. The summed E-state index contributed by atoms with van der Waals surface area (Å²) < 4.78 is 10.9. The normalized spacial score (nSPS) is 18.1. The largest absolute Gasteiger partial charge is 0.507 e. The van der Waals surface area contributed by atoms with Crippen LogP contribution >= 0.6 is 0 Å². The van der Waals surface area contributed by atoms with E-state index in [1.54, 1.807) is 36.7 Å². The van der Waals surface area contributed by atoms with Gasteiger partial charge in [0.1, 0.15) is 11.5 Å². The average molecular weight is 424 g/mol. The van der Waals surface area contributed by atoms with Crippen LogP contribution in [0.25, 0.3) is 5.76 Å². The number of carbonyl (C=O) groups excluding carboxylic acids is 2. The number of hydrogen-bond donors (Lipinski definition) is 1. The molecule has 1 fully saturated rings. The molecule has 3 rings (SSSR count). The van der Waals surface area contributed by atoms with Crippen LogP contribution in [0.1, 0.15) is 36.6 Å². The molecule has 1 aromatic heterocycles. The number of pyridine rings is 1. The first kappa shape index (κ1) is 22.5. The van der Waals surface area contributed by atoms with Gasteiger partial charge in [0, 0.05) is 31.6 Å². The monoisotopic (exact) mass is 424 g/mol. The van der Waals surface area contributed by atoms with Gasteiger partial charge in [-0.1, -0.05) is 19.9 Å². The second kappa shape index (κ2) is 9.75. The van der Waals surface area contributed by atoms with Crippen molar-refractivity contribution in [3.05, 3.63) is 65.0 Å². The van der Waals surface area contributed by atoms with E-state index in [0.717, 1.165) is 5.56 Å². The Morgan fingerprint density at radius 1 is 1.26 bits per heavy atom. The van der Waals surface area contributed by atoms with Gasteiger partial charge in [0.05, 0.1) is 24.8 Å². The summed E-state index contributed by atoms with van der Waals surface area (Å²) in [5.41, 5.74) is 1.92. The van der Waals surface area contributed by atoms with Gasteiger partial charge in [-0.15, -0.1) is 0 Å². The fraction of sp³-hybridized carbons (Fsp3) is 0.375. The van der Waals surface area contributed by atoms with E-state index in [1.807, 2.05) is 13.0 Å². The first-order chi connectivity index (χ1) is 14.8. The zero-order chi connectivity index (χ0) is 22.5. The van der Waals surface area contributed by atoms with Gasteiger partial charge in [0.15, 0.2) is 0 Å². The van der Waals surface area contributed by atoms with Crippen LogP contribution in [0.2, 0.25) is 0 Å². The van der Waals surface area contributed by atoms with Gasteiger partial charge >= 0.3 is 0 Å². The van der Waals surface area contributed by atoms with Gasteiger partial charge in [-0.05, 0) is 48.2 Å². The van der Waals surface area contributed by atoms with Crippen LogP contribution in [0.3, 0.4) is 0 Å². The fourth-order valence-corrected chi connectivity index (χ4v) is 3.58. The van der Waals surface area contributed by atoms with Gasteiger partial charge in [0.25, 0.3) is 11.7 Å². The second-order valence-electron chi connectivity index (χ2n) is 7.95. The zero-order valence-corrected chi connectivity index (χ0v) is 18.3. The predicted octanol–water partition coefficient (Wildman–Crippen LogP) is 3.49. The topological polar surface area (TPSA) is 89.0 Å². The Labute approximate surface area is 182 Å². The summed E-state index contributed by atoms with van der Waals surface area (Å²) in [6, 6.07) is 8.07. The molecule has 0 bridgehead atoms. The molecule has 2 aromatic rings. The third-order valence-corrected chi connectivity index (χ3v) is 5.11. The highest BCUT2D eigenvalue weighted by Gasteiger charge is 2.46. The lowest BCUT2D eigenvalue weighted by atomic mass is 9.94. The number of benzene rings is 1. The third-order valence-electron chi connectivity index (χ3n) is 5.11. The molecule has 1 aliphatic heterocycles. The van der Waals surface area contributed by atoms with Crippen molar-refractivity contribution in [2.24, 2.45) is 5.92 Å². The number of ketones is 1. The summed E-state index contributed by atoms with van der Waals surface area (Å²) in [7, 11) is 1.53. The SMILES string of the molecule is COCCN1C(=O)C(=O)/C(=C(/O)c2ccc(OCC(C)C)cc2C)C1c1cccnc1. The van der Waals surface area contributed by atoms with Crippen LogP contribution in [-0.2, 0) is 14.3 Å². The first-order valence-electron chi connectivity index (χ1n) is 10.3. The summed E-state index contributed by atoms with van der Waals surface area (Å²) in [4.78, 5) is 31.2. The summed E-state index contributed by atoms with van der Waals surface area (Å²) in [5, 5.41) is 11.2. The molecule has 1 unspecified atom stereocenters. The summed E-state index contributed by atoms with van der Waals surface area (Å²) in [6.45, 7) is 7.03. The van der Waals surface area contributed by atoms with Crippen molar-refractivity contribution in [1.29, 1.82) is 0 Å². The smallest absolute Gasteiger partial charge is 0.295 e. The van der Waals surface area contributed by atoms with Crippen LogP contribution in [0, 0.1) is 12.8 Å². The molecule has 7 nitrogen and oxygen atoms in total. The number of amides is 1. The lowest BCUT2D eigenvalue weighted by molar-refractivity contribution is -0.140. The Hall–Kier alpha value is -3.19. The van der Waals surface area contributed by atoms with E-state index in [2.05, 4.69) is 18.8 Å². The highest BCUT2D eigenvalue weighted by Crippen LogP contribution is 2.39. The minimum Gasteiger partial charge on any atom is -0.507 e. The Balaban J connectivity index is 2.06. The molecular formula is C24H28N2O5. The number of likely N-dealkylation sites (tertiary alicyclic amines) is 1. The van der Waals surface area contributed by atoms with Gasteiger partial charge in [-0.2, -0.15) is 0 Å². The minimum absolute atomic E-state index is 0.0491. The van der Waals surface area contributed by atoms with Crippen molar-refractivity contribution < 1.29 is 24.2 Å². The maximum Gasteiger partial charge on any atom is 0.295 e. The molecule has 1 aliphatic rings. The van der Waals surface area contributed by atoms with Crippen LogP contribution in [0.15, 0.2) is 48.3 Å². The molecule has 0 spiro atoms. The molecule has 7 heteroatoms. The van der Waals surface area contributed by atoms with Crippen molar-refractivity contribution in [2.75, 3.05) is 26.9 Å². The molecule has 164 valence electrons. The quantitative estimate of drug-likeness (QED) is 0.396. The van der Waals surface area contributed by atoms with E-state index < -0.39 is 17.7 Å². The number of methoxy groups -OCH3 is 1. The Morgan fingerprint density at radius 3 is 2.65 bits per heavy atom. The number of hydrogen-bond acceptors (Lipinski definition) is 6. The Morgan fingerprint density at radius 2 is 2.03 bits per heavy atom. The molecule has 1 atom stereocenters. The number of nitrogens with zero attached hydrogens (tertiary/aromatic N) is 2. The second-order valence-corrected chi connectivity index (χ2v) is 7.95. The molecule has 0 saturated carbocycles. The zero-order valence-electron chi connectivity index (χ0n) is 18.3. The van der Waals surface area contributed by atoms with E-state index in [4.69, 9.17) is 9.47 Å². The third kappa shape index (κ3) is 4.77. The molecule has 31 heavy (non-hydrogen) atoms. The number of Topliss-reactive ketones (excluding diaryl/α,β-unsaturated/α-hetero) is 1. The van der Waals surface area contributed by atoms with Crippen LogP contribution in [-0.4, -0.2) is 53.5 Å². The van der Waals surface area contributed by atoms with Crippen molar-refractivity contribution in [3.63, 3.8) is 0 Å². The molecule has 1 aromatic carbocycles. The number of aliphatic hydroxyl groups is 1. The van der Waals surface area contributed by atoms with E-state index in [-0.39, 0.29) is 24.5 Å². The number of aromatic nitrogens is 1. The highest BCUT2D eigenvalue weighted by molar-refractivity contribution is 6.46. The highest BCUT2D eigenvalue weighted by atomic mass is 16.5. The van der Waals surface area contributed by atoms with E-state index >= 15 is 0 Å². The van der Waals surface area contributed by atoms with Gasteiger partial charge in [0.2, 0.25) is 0 Å². The van der Waals surface area contributed by atoms with Gasteiger partial charge in [-0.25, -0.2) is 0 Å². The number of aryl methyl sites for hydroxylation is 1. The van der Waals surface area contributed by atoms with Crippen LogP contribution in [0.5, 0.6) is 5.75 Å². The molecule has 1 N–H and O–H groups in total. The number of rotatable bonds is 8. The molecule has 1 amide bonds. The summed E-state index contributed by atoms with van der Waals surface area (Å²) >= 11 is 0. The van der Waals surface area contributed by atoms with E-state index in [0.29, 0.717) is 29.4 Å². The first-order valence-corrected chi connectivity index (χ1v) is 10.3. The molecule has 0 aliphatic carbocycles. The Kier molecular flexibility index (Phi) is 7.07. The van der Waals surface area contributed by atoms with Crippen LogP contribution in [0.4, 0.5) is 0 Å².